The predicted molar refractivity (Wildman–Crippen MR) is 74.9 cm³/mol. The zero-order chi connectivity index (χ0) is 13.4. The van der Waals surface area contributed by atoms with Crippen LogP contribution in [0.2, 0.25) is 0 Å². The standard InChI is InChI=1S/C14H23N3O/c1-4-7-12(5-2)17-14(18)11-8-9-13(15-6-3)16-10-11/h8-10,12H,4-7H2,1-3H3,(H,15,16)(H,17,18). The SMILES string of the molecule is CCCC(CC)NC(=O)c1ccc(NCC)nc1. The maximum absolute atomic E-state index is 12.0. The lowest BCUT2D eigenvalue weighted by atomic mass is 10.1. The van der Waals surface area contributed by atoms with Crippen molar-refractivity contribution in [3.8, 4) is 0 Å². The van der Waals surface area contributed by atoms with Crippen molar-refractivity contribution in [1.82, 2.24) is 10.3 Å². The normalized spacial score (nSPS) is 11.9. The molecular formula is C14H23N3O. The molecule has 0 bridgehead atoms. The van der Waals surface area contributed by atoms with E-state index in [0.29, 0.717) is 5.56 Å². The highest BCUT2D eigenvalue weighted by atomic mass is 16.1. The Labute approximate surface area is 109 Å². The van der Waals surface area contributed by atoms with E-state index >= 15 is 0 Å². The molecule has 1 rings (SSSR count). The number of hydrogen-bond donors (Lipinski definition) is 2. The second-order valence-corrected chi connectivity index (χ2v) is 4.33. The van der Waals surface area contributed by atoms with Gasteiger partial charge in [-0.2, -0.15) is 0 Å². The number of hydrogen-bond acceptors (Lipinski definition) is 3. The van der Waals surface area contributed by atoms with Gasteiger partial charge in [-0.05, 0) is 31.9 Å². The minimum absolute atomic E-state index is 0.0363. The molecule has 1 aromatic rings. The summed E-state index contributed by atoms with van der Waals surface area (Å²) in [6.07, 6.45) is 4.68. The smallest absolute Gasteiger partial charge is 0.253 e. The van der Waals surface area contributed by atoms with E-state index in [0.717, 1.165) is 31.6 Å². The summed E-state index contributed by atoms with van der Waals surface area (Å²) in [7, 11) is 0. The van der Waals surface area contributed by atoms with E-state index in [1.165, 1.54) is 0 Å². The van der Waals surface area contributed by atoms with E-state index in [4.69, 9.17) is 0 Å². The molecule has 18 heavy (non-hydrogen) atoms. The van der Waals surface area contributed by atoms with Crippen molar-refractivity contribution in [2.24, 2.45) is 0 Å². The largest absolute Gasteiger partial charge is 0.370 e. The van der Waals surface area contributed by atoms with Crippen LogP contribution in [0.5, 0.6) is 0 Å². The number of aromatic nitrogens is 1. The number of nitrogens with zero attached hydrogens (tertiary/aromatic N) is 1. The lowest BCUT2D eigenvalue weighted by molar-refractivity contribution is 0.0933. The van der Waals surface area contributed by atoms with Crippen LogP contribution in [0, 0.1) is 0 Å². The Hall–Kier alpha value is -1.58. The summed E-state index contributed by atoms with van der Waals surface area (Å²) >= 11 is 0. The van der Waals surface area contributed by atoms with E-state index in [-0.39, 0.29) is 11.9 Å². The van der Waals surface area contributed by atoms with Crippen molar-refractivity contribution in [2.75, 3.05) is 11.9 Å². The van der Waals surface area contributed by atoms with Gasteiger partial charge in [-0.15, -0.1) is 0 Å². The summed E-state index contributed by atoms with van der Waals surface area (Å²) in [4.78, 5) is 16.2. The van der Waals surface area contributed by atoms with Gasteiger partial charge in [0.25, 0.3) is 5.91 Å². The third kappa shape index (κ3) is 4.35. The van der Waals surface area contributed by atoms with Crippen molar-refractivity contribution < 1.29 is 4.79 Å². The van der Waals surface area contributed by atoms with Gasteiger partial charge in [0.2, 0.25) is 0 Å². The molecule has 1 unspecified atom stereocenters. The zero-order valence-corrected chi connectivity index (χ0v) is 11.5. The number of nitrogens with one attached hydrogen (secondary N) is 2. The van der Waals surface area contributed by atoms with Crippen molar-refractivity contribution >= 4 is 11.7 Å². The van der Waals surface area contributed by atoms with Gasteiger partial charge in [-0.3, -0.25) is 4.79 Å². The van der Waals surface area contributed by atoms with Crippen LogP contribution >= 0.6 is 0 Å². The lowest BCUT2D eigenvalue weighted by Crippen LogP contribution is -2.34. The monoisotopic (exact) mass is 249 g/mol. The van der Waals surface area contributed by atoms with Crippen molar-refractivity contribution in [1.29, 1.82) is 0 Å². The summed E-state index contributed by atoms with van der Waals surface area (Å²) < 4.78 is 0. The summed E-state index contributed by atoms with van der Waals surface area (Å²) in [6, 6.07) is 3.90. The quantitative estimate of drug-likeness (QED) is 0.781. The fourth-order valence-electron chi connectivity index (χ4n) is 1.81. The number of pyridine rings is 1. The minimum Gasteiger partial charge on any atom is -0.370 e. The summed E-state index contributed by atoms with van der Waals surface area (Å²) in [6.45, 7) is 7.06. The molecule has 1 heterocycles. The van der Waals surface area contributed by atoms with Crippen molar-refractivity contribution in [3.63, 3.8) is 0 Å². The number of rotatable bonds is 7. The molecule has 0 saturated heterocycles. The first-order chi connectivity index (χ1) is 8.71. The average molecular weight is 249 g/mol. The van der Waals surface area contributed by atoms with Crippen LogP contribution < -0.4 is 10.6 Å². The molecule has 2 N–H and O–H groups in total. The molecule has 0 aliphatic carbocycles. The molecule has 0 radical (unpaired) electrons. The first-order valence-electron chi connectivity index (χ1n) is 6.72. The van der Waals surface area contributed by atoms with Gasteiger partial charge in [0.1, 0.15) is 5.82 Å². The Morgan fingerprint density at radius 3 is 2.61 bits per heavy atom. The van der Waals surface area contributed by atoms with E-state index in [1.807, 2.05) is 13.0 Å². The molecule has 1 atom stereocenters. The maximum Gasteiger partial charge on any atom is 0.253 e. The topological polar surface area (TPSA) is 54.0 Å². The Morgan fingerprint density at radius 2 is 2.11 bits per heavy atom. The fraction of sp³-hybridized carbons (Fsp3) is 0.571. The molecule has 0 fully saturated rings. The van der Waals surface area contributed by atoms with Crippen molar-refractivity contribution in [3.05, 3.63) is 23.9 Å². The molecule has 100 valence electrons. The average Bonchev–Trinajstić information content (AvgIpc) is 2.39. The van der Waals surface area contributed by atoms with Crippen LogP contribution in [0.4, 0.5) is 5.82 Å². The second-order valence-electron chi connectivity index (χ2n) is 4.33. The van der Waals surface area contributed by atoms with E-state index in [9.17, 15) is 4.79 Å². The Kier molecular flexibility index (Phi) is 6.19. The van der Waals surface area contributed by atoms with Crippen LogP contribution in [0.1, 0.15) is 50.4 Å². The number of amides is 1. The Morgan fingerprint density at radius 1 is 1.33 bits per heavy atom. The van der Waals surface area contributed by atoms with Crippen molar-refractivity contribution in [2.45, 2.75) is 46.1 Å². The fourth-order valence-corrected chi connectivity index (χ4v) is 1.81. The molecule has 0 aromatic carbocycles. The summed E-state index contributed by atoms with van der Waals surface area (Å²) in [5.41, 5.74) is 0.617. The summed E-state index contributed by atoms with van der Waals surface area (Å²) in [5, 5.41) is 6.14. The maximum atomic E-state index is 12.0. The number of anilines is 1. The molecule has 0 aliphatic rings. The highest BCUT2D eigenvalue weighted by molar-refractivity contribution is 5.94. The molecule has 0 aliphatic heterocycles. The van der Waals surface area contributed by atoms with Gasteiger partial charge in [-0.1, -0.05) is 20.3 Å². The summed E-state index contributed by atoms with van der Waals surface area (Å²) in [5.74, 6) is 0.764. The highest BCUT2D eigenvalue weighted by Gasteiger charge is 2.11. The zero-order valence-electron chi connectivity index (χ0n) is 11.5. The Bertz CT molecular complexity index is 362. The predicted octanol–water partition coefficient (Wildman–Crippen LogP) is 2.82. The first-order valence-corrected chi connectivity index (χ1v) is 6.72. The molecular weight excluding hydrogens is 226 g/mol. The van der Waals surface area contributed by atoms with Gasteiger partial charge in [-0.25, -0.2) is 4.98 Å². The van der Waals surface area contributed by atoms with Crippen LogP contribution in [-0.4, -0.2) is 23.5 Å². The second kappa shape index (κ2) is 7.69. The molecule has 1 aromatic heterocycles. The Balaban J connectivity index is 2.60. The highest BCUT2D eigenvalue weighted by Crippen LogP contribution is 2.07. The van der Waals surface area contributed by atoms with Gasteiger partial charge in [0.05, 0.1) is 5.56 Å². The van der Waals surface area contributed by atoms with Gasteiger partial charge < -0.3 is 10.6 Å². The third-order valence-electron chi connectivity index (χ3n) is 2.85. The minimum atomic E-state index is -0.0363. The first kappa shape index (κ1) is 14.5. The molecule has 4 heteroatoms. The number of carbonyl (C=O) groups is 1. The van der Waals surface area contributed by atoms with Gasteiger partial charge >= 0.3 is 0 Å². The van der Waals surface area contributed by atoms with E-state index < -0.39 is 0 Å². The van der Waals surface area contributed by atoms with Gasteiger partial charge in [0.15, 0.2) is 0 Å². The van der Waals surface area contributed by atoms with E-state index in [2.05, 4.69) is 29.5 Å². The number of carbonyl (C=O) groups excluding carboxylic acids is 1. The molecule has 0 spiro atoms. The third-order valence-corrected chi connectivity index (χ3v) is 2.85. The van der Waals surface area contributed by atoms with Crippen LogP contribution in [0.25, 0.3) is 0 Å². The van der Waals surface area contributed by atoms with Gasteiger partial charge in [0, 0.05) is 18.8 Å². The lowest BCUT2D eigenvalue weighted by Gasteiger charge is -2.16. The van der Waals surface area contributed by atoms with Crippen LogP contribution in [-0.2, 0) is 0 Å². The molecule has 4 nitrogen and oxygen atoms in total. The van der Waals surface area contributed by atoms with E-state index in [1.54, 1.807) is 12.3 Å². The van der Waals surface area contributed by atoms with Crippen LogP contribution in [0.15, 0.2) is 18.3 Å². The molecule has 0 saturated carbocycles. The van der Waals surface area contributed by atoms with Crippen LogP contribution in [0.3, 0.4) is 0 Å². The molecule has 1 amide bonds.